The van der Waals surface area contributed by atoms with Crippen molar-refractivity contribution in [2.24, 2.45) is 11.8 Å². The Kier molecular flexibility index (Phi) is 4.23. The van der Waals surface area contributed by atoms with Crippen LogP contribution in [-0.2, 0) is 6.54 Å². The van der Waals surface area contributed by atoms with Gasteiger partial charge in [-0.3, -0.25) is 4.98 Å². The van der Waals surface area contributed by atoms with Crippen LogP contribution in [0.2, 0.25) is 0 Å². The number of rotatable bonds is 4. The molecule has 3 heteroatoms. The average molecular weight is 247 g/mol. The molecule has 0 aliphatic carbocycles. The van der Waals surface area contributed by atoms with Crippen molar-refractivity contribution in [3.05, 3.63) is 24.0 Å². The first kappa shape index (κ1) is 13.3. The molecule has 0 saturated carbocycles. The fourth-order valence-corrected chi connectivity index (χ4v) is 2.49. The zero-order valence-corrected chi connectivity index (χ0v) is 12.0. The van der Waals surface area contributed by atoms with Crippen LogP contribution in [0.25, 0.3) is 0 Å². The zero-order valence-electron chi connectivity index (χ0n) is 12.0. The molecule has 0 bridgehead atoms. The van der Waals surface area contributed by atoms with Crippen LogP contribution in [0.4, 0.5) is 5.69 Å². The highest BCUT2D eigenvalue weighted by molar-refractivity contribution is 5.52. The average Bonchev–Trinajstić information content (AvgIpc) is 2.67. The quantitative estimate of drug-likeness (QED) is 0.886. The van der Waals surface area contributed by atoms with E-state index < -0.39 is 0 Å². The Hall–Kier alpha value is -1.09. The molecule has 1 aliphatic rings. The van der Waals surface area contributed by atoms with Gasteiger partial charge in [-0.15, -0.1) is 0 Å². The minimum Gasteiger partial charge on any atom is -0.369 e. The predicted molar refractivity (Wildman–Crippen MR) is 76.8 cm³/mol. The Morgan fingerprint density at radius 2 is 2.00 bits per heavy atom. The standard InChI is InChI=1S/C15H25N3/c1-11(2)17-7-14-5-6-16-8-15(14)18-9-12(3)13(4)10-18/h5-6,8,11-13,17H,7,9-10H2,1-4H3. The highest BCUT2D eigenvalue weighted by Crippen LogP contribution is 2.29. The molecule has 1 aromatic rings. The van der Waals surface area contributed by atoms with Gasteiger partial charge in [-0.1, -0.05) is 27.7 Å². The van der Waals surface area contributed by atoms with E-state index in [1.165, 1.54) is 11.3 Å². The molecule has 0 radical (unpaired) electrons. The zero-order chi connectivity index (χ0) is 13.1. The second-order valence-electron chi connectivity index (χ2n) is 5.90. The number of pyridine rings is 1. The van der Waals surface area contributed by atoms with E-state index >= 15 is 0 Å². The van der Waals surface area contributed by atoms with Gasteiger partial charge < -0.3 is 10.2 Å². The second kappa shape index (κ2) is 5.70. The number of anilines is 1. The number of hydrogen-bond acceptors (Lipinski definition) is 3. The van der Waals surface area contributed by atoms with Crippen LogP contribution in [0.15, 0.2) is 18.5 Å². The fraction of sp³-hybridized carbons (Fsp3) is 0.667. The van der Waals surface area contributed by atoms with Crippen molar-refractivity contribution < 1.29 is 0 Å². The number of nitrogens with one attached hydrogen (secondary N) is 1. The lowest BCUT2D eigenvalue weighted by molar-refractivity contribution is 0.494. The molecule has 0 aromatic carbocycles. The summed E-state index contributed by atoms with van der Waals surface area (Å²) in [4.78, 5) is 6.78. The highest BCUT2D eigenvalue weighted by atomic mass is 15.2. The third-order valence-corrected chi connectivity index (χ3v) is 3.92. The first-order chi connectivity index (χ1) is 8.58. The van der Waals surface area contributed by atoms with Gasteiger partial charge in [0.15, 0.2) is 0 Å². The monoisotopic (exact) mass is 247 g/mol. The van der Waals surface area contributed by atoms with E-state index in [1.807, 2.05) is 12.4 Å². The van der Waals surface area contributed by atoms with E-state index in [0.29, 0.717) is 6.04 Å². The molecule has 0 spiro atoms. The van der Waals surface area contributed by atoms with E-state index in [1.54, 1.807) is 0 Å². The Bertz CT molecular complexity index is 379. The fourth-order valence-electron chi connectivity index (χ4n) is 2.49. The molecule has 1 aliphatic heterocycles. The summed E-state index contributed by atoms with van der Waals surface area (Å²) in [6.07, 6.45) is 3.91. The maximum atomic E-state index is 4.30. The van der Waals surface area contributed by atoms with Crippen LogP contribution in [-0.4, -0.2) is 24.1 Å². The molecule has 3 nitrogen and oxygen atoms in total. The first-order valence-corrected chi connectivity index (χ1v) is 6.99. The molecule has 0 amide bonds. The van der Waals surface area contributed by atoms with Gasteiger partial charge in [-0.2, -0.15) is 0 Å². The summed E-state index contributed by atoms with van der Waals surface area (Å²) in [6.45, 7) is 12.3. The normalized spacial score (nSPS) is 23.9. The molecular formula is C15H25N3. The number of aromatic nitrogens is 1. The van der Waals surface area contributed by atoms with Crippen LogP contribution >= 0.6 is 0 Å². The molecule has 2 rings (SSSR count). The molecule has 18 heavy (non-hydrogen) atoms. The van der Waals surface area contributed by atoms with Gasteiger partial charge in [0.2, 0.25) is 0 Å². The largest absolute Gasteiger partial charge is 0.369 e. The van der Waals surface area contributed by atoms with Crippen molar-refractivity contribution in [2.45, 2.75) is 40.3 Å². The third kappa shape index (κ3) is 3.02. The summed E-state index contributed by atoms with van der Waals surface area (Å²) in [6, 6.07) is 2.65. The van der Waals surface area contributed by atoms with Gasteiger partial charge in [0, 0.05) is 31.9 Å². The van der Waals surface area contributed by atoms with E-state index in [-0.39, 0.29) is 0 Å². The summed E-state index contributed by atoms with van der Waals surface area (Å²) in [5.41, 5.74) is 2.67. The van der Waals surface area contributed by atoms with Crippen molar-refractivity contribution in [3.63, 3.8) is 0 Å². The van der Waals surface area contributed by atoms with Crippen molar-refractivity contribution >= 4 is 5.69 Å². The number of nitrogens with zero attached hydrogens (tertiary/aromatic N) is 2. The van der Waals surface area contributed by atoms with Gasteiger partial charge in [0.1, 0.15) is 0 Å². The minimum absolute atomic E-state index is 0.516. The van der Waals surface area contributed by atoms with E-state index in [2.05, 4.69) is 49.0 Å². The Balaban J connectivity index is 2.12. The molecule has 100 valence electrons. The van der Waals surface area contributed by atoms with Gasteiger partial charge in [-0.05, 0) is 23.5 Å². The molecule has 1 aromatic heterocycles. The predicted octanol–water partition coefficient (Wildman–Crippen LogP) is 2.67. The molecule has 1 saturated heterocycles. The van der Waals surface area contributed by atoms with Crippen molar-refractivity contribution in [1.82, 2.24) is 10.3 Å². The Morgan fingerprint density at radius 3 is 2.61 bits per heavy atom. The van der Waals surface area contributed by atoms with E-state index in [9.17, 15) is 0 Å². The summed E-state index contributed by atoms with van der Waals surface area (Å²) in [7, 11) is 0. The summed E-state index contributed by atoms with van der Waals surface area (Å²) in [5, 5.41) is 3.49. The Morgan fingerprint density at radius 1 is 1.33 bits per heavy atom. The lowest BCUT2D eigenvalue weighted by Gasteiger charge is -2.22. The summed E-state index contributed by atoms with van der Waals surface area (Å²) >= 11 is 0. The van der Waals surface area contributed by atoms with E-state index in [0.717, 1.165) is 31.5 Å². The third-order valence-electron chi connectivity index (χ3n) is 3.92. The van der Waals surface area contributed by atoms with Crippen molar-refractivity contribution in [1.29, 1.82) is 0 Å². The smallest absolute Gasteiger partial charge is 0.0598 e. The molecule has 2 unspecified atom stereocenters. The minimum atomic E-state index is 0.516. The maximum Gasteiger partial charge on any atom is 0.0598 e. The topological polar surface area (TPSA) is 28.2 Å². The second-order valence-corrected chi connectivity index (χ2v) is 5.90. The van der Waals surface area contributed by atoms with Gasteiger partial charge in [0.05, 0.1) is 11.9 Å². The Labute approximate surface area is 111 Å². The van der Waals surface area contributed by atoms with Crippen LogP contribution < -0.4 is 10.2 Å². The molecule has 2 atom stereocenters. The van der Waals surface area contributed by atoms with E-state index in [4.69, 9.17) is 0 Å². The molecule has 1 fully saturated rings. The van der Waals surface area contributed by atoms with Crippen LogP contribution in [0, 0.1) is 11.8 Å². The lowest BCUT2D eigenvalue weighted by atomic mass is 10.0. The SMILES string of the molecule is CC(C)NCc1ccncc1N1CC(C)C(C)C1. The molecular weight excluding hydrogens is 222 g/mol. The van der Waals surface area contributed by atoms with Crippen LogP contribution in [0.1, 0.15) is 33.3 Å². The first-order valence-electron chi connectivity index (χ1n) is 6.99. The summed E-state index contributed by atoms with van der Waals surface area (Å²) in [5.74, 6) is 1.55. The summed E-state index contributed by atoms with van der Waals surface area (Å²) < 4.78 is 0. The lowest BCUT2D eigenvalue weighted by Crippen LogP contribution is -2.26. The number of hydrogen-bond donors (Lipinski definition) is 1. The van der Waals surface area contributed by atoms with Crippen LogP contribution in [0.3, 0.4) is 0 Å². The van der Waals surface area contributed by atoms with Gasteiger partial charge in [0.25, 0.3) is 0 Å². The van der Waals surface area contributed by atoms with Crippen LogP contribution in [0.5, 0.6) is 0 Å². The van der Waals surface area contributed by atoms with Crippen molar-refractivity contribution in [3.8, 4) is 0 Å². The molecule has 1 N–H and O–H groups in total. The van der Waals surface area contributed by atoms with Crippen molar-refractivity contribution in [2.75, 3.05) is 18.0 Å². The van der Waals surface area contributed by atoms with Gasteiger partial charge >= 0.3 is 0 Å². The molecule has 2 heterocycles. The van der Waals surface area contributed by atoms with Gasteiger partial charge in [-0.25, -0.2) is 0 Å². The maximum absolute atomic E-state index is 4.30. The highest BCUT2D eigenvalue weighted by Gasteiger charge is 2.27.